The normalized spacial score (nSPS) is 15.4. The monoisotopic (exact) mass is 376 g/mol. The van der Waals surface area contributed by atoms with E-state index >= 15 is 0 Å². The van der Waals surface area contributed by atoms with E-state index in [9.17, 15) is 4.79 Å². The Bertz CT molecular complexity index is 812. The molecule has 0 saturated carbocycles. The lowest BCUT2D eigenvalue weighted by Gasteiger charge is -2.31. The maximum Gasteiger partial charge on any atom is 0.257 e. The van der Waals surface area contributed by atoms with E-state index in [1.54, 1.807) is 11.0 Å². The molecular formula is C19H21ClN2O4. The number of carbonyl (C=O) groups excluding carboxylic acids is 1. The number of benzene rings is 2. The number of carbonyl (C=O) groups is 1. The Hall–Kier alpha value is -2.60. The Morgan fingerprint density at radius 2 is 2.08 bits per heavy atom. The molecule has 0 aromatic heterocycles. The van der Waals surface area contributed by atoms with Crippen molar-refractivity contribution < 1.29 is 19.0 Å². The number of rotatable bonds is 5. The van der Waals surface area contributed by atoms with Crippen LogP contribution in [0.5, 0.6) is 17.2 Å². The largest absolute Gasteiger partial charge is 0.496 e. The minimum Gasteiger partial charge on any atom is -0.496 e. The topological polar surface area (TPSA) is 74.0 Å². The summed E-state index contributed by atoms with van der Waals surface area (Å²) < 4.78 is 17.0. The van der Waals surface area contributed by atoms with Gasteiger partial charge in [-0.05, 0) is 25.1 Å². The maximum atomic E-state index is 13.0. The smallest absolute Gasteiger partial charge is 0.257 e. The third kappa shape index (κ3) is 3.65. The van der Waals surface area contributed by atoms with E-state index in [0.717, 1.165) is 0 Å². The number of para-hydroxylation sites is 2. The highest BCUT2D eigenvalue weighted by Gasteiger charge is 2.27. The number of methoxy groups -OCH3 is 1. The highest BCUT2D eigenvalue weighted by molar-refractivity contribution is 6.33. The van der Waals surface area contributed by atoms with E-state index in [2.05, 4.69) is 0 Å². The first-order chi connectivity index (χ1) is 12.5. The summed E-state index contributed by atoms with van der Waals surface area (Å²) in [6.07, 6.45) is -0.260. The van der Waals surface area contributed by atoms with Gasteiger partial charge < -0.3 is 24.8 Å². The van der Waals surface area contributed by atoms with E-state index in [-0.39, 0.29) is 12.0 Å². The average molecular weight is 377 g/mol. The first-order valence-corrected chi connectivity index (χ1v) is 8.72. The second-order valence-electron chi connectivity index (χ2n) is 5.92. The molecule has 26 heavy (non-hydrogen) atoms. The number of fused-ring (bicyclic) bond motifs is 1. The molecule has 2 aromatic rings. The fraction of sp³-hybridized carbons (Fsp3) is 0.316. The third-order valence-corrected chi connectivity index (χ3v) is 4.54. The van der Waals surface area contributed by atoms with Gasteiger partial charge in [0, 0.05) is 12.6 Å². The number of anilines is 1. The molecule has 1 atom stereocenters. The van der Waals surface area contributed by atoms with Gasteiger partial charge in [0.15, 0.2) is 17.6 Å². The van der Waals surface area contributed by atoms with E-state index in [1.807, 2.05) is 31.2 Å². The predicted molar refractivity (Wildman–Crippen MR) is 100 cm³/mol. The van der Waals surface area contributed by atoms with Crippen molar-refractivity contribution in [2.75, 3.05) is 32.5 Å². The summed E-state index contributed by atoms with van der Waals surface area (Å²) in [5, 5.41) is 0.316. The van der Waals surface area contributed by atoms with Gasteiger partial charge in [0.1, 0.15) is 12.4 Å². The van der Waals surface area contributed by atoms with Crippen molar-refractivity contribution in [2.45, 2.75) is 13.0 Å². The number of ether oxygens (including phenoxy) is 3. The molecule has 2 N–H and O–H groups in total. The van der Waals surface area contributed by atoms with Crippen LogP contribution in [0, 0.1) is 0 Å². The number of halogens is 1. The summed E-state index contributed by atoms with van der Waals surface area (Å²) in [6, 6.07) is 10.6. The van der Waals surface area contributed by atoms with Crippen molar-refractivity contribution >= 4 is 23.2 Å². The number of hydrogen-bond acceptors (Lipinski definition) is 5. The van der Waals surface area contributed by atoms with Gasteiger partial charge >= 0.3 is 0 Å². The molecule has 0 bridgehead atoms. The van der Waals surface area contributed by atoms with Gasteiger partial charge in [0.2, 0.25) is 0 Å². The van der Waals surface area contributed by atoms with Crippen molar-refractivity contribution in [1.82, 2.24) is 4.90 Å². The Labute approximate surface area is 157 Å². The predicted octanol–water partition coefficient (Wildman–Crippen LogP) is 3.23. The summed E-state index contributed by atoms with van der Waals surface area (Å²) >= 11 is 6.09. The SMILES string of the molecule is CCN(CC1COc2ccccc2O1)C(=O)c1cc(Cl)c(N)cc1OC. The van der Waals surface area contributed by atoms with Crippen LogP contribution in [0.4, 0.5) is 5.69 Å². The maximum absolute atomic E-state index is 13.0. The molecular weight excluding hydrogens is 356 g/mol. The fourth-order valence-electron chi connectivity index (χ4n) is 2.83. The third-order valence-electron chi connectivity index (χ3n) is 4.21. The summed E-state index contributed by atoms with van der Waals surface area (Å²) in [4.78, 5) is 14.7. The van der Waals surface area contributed by atoms with Gasteiger partial charge in [0.25, 0.3) is 5.91 Å². The molecule has 1 aliphatic heterocycles. The molecule has 3 rings (SSSR count). The zero-order chi connectivity index (χ0) is 18.7. The summed E-state index contributed by atoms with van der Waals surface area (Å²) in [7, 11) is 1.49. The standard InChI is InChI=1S/C19H21ClN2O4/c1-3-22(10-12-11-25-16-6-4-5-7-17(16)26-12)19(23)13-8-14(20)15(21)9-18(13)24-2/h4-9,12H,3,10-11,21H2,1-2H3. The van der Waals surface area contributed by atoms with Crippen molar-refractivity contribution in [3.63, 3.8) is 0 Å². The van der Waals surface area contributed by atoms with Crippen molar-refractivity contribution in [3.8, 4) is 17.2 Å². The summed E-state index contributed by atoms with van der Waals surface area (Å²) in [5.41, 5.74) is 6.53. The Morgan fingerprint density at radius 3 is 2.77 bits per heavy atom. The molecule has 1 heterocycles. The zero-order valence-corrected chi connectivity index (χ0v) is 15.5. The molecule has 7 heteroatoms. The Morgan fingerprint density at radius 1 is 1.35 bits per heavy atom. The van der Waals surface area contributed by atoms with E-state index in [4.69, 9.17) is 31.5 Å². The number of nitrogen functional groups attached to an aromatic ring is 1. The molecule has 6 nitrogen and oxygen atoms in total. The molecule has 0 aliphatic carbocycles. The molecule has 1 amide bonds. The molecule has 1 unspecified atom stereocenters. The van der Waals surface area contributed by atoms with Crippen molar-refractivity contribution in [3.05, 3.63) is 47.0 Å². The minimum absolute atomic E-state index is 0.200. The highest BCUT2D eigenvalue weighted by Crippen LogP contribution is 2.32. The van der Waals surface area contributed by atoms with E-state index in [1.165, 1.54) is 13.2 Å². The van der Waals surface area contributed by atoms with Crippen molar-refractivity contribution in [1.29, 1.82) is 0 Å². The lowest BCUT2D eigenvalue weighted by Crippen LogP contribution is -2.43. The Balaban J connectivity index is 1.77. The first-order valence-electron chi connectivity index (χ1n) is 8.34. The number of likely N-dealkylation sites (N-methyl/N-ethyl adjacent to an activating group) is 1. The number of amides is 1. The van der Waals surface area contributed by atoms with Crippen molar-refractivity contribution in [2.24, 2.45) is 0 Å². The summed E-state index contributed by atoms with van der Waals surface area (Å²) in [6.45, 7) is 3.17. The number of nitrogens with two attached hydrogens (primary N) is 1. The minimum atomic E-state index is -0.260. The lowest BCUT2D eigenvalue weighted by molar-refractivity contribution is 0.0473. The second-order valence-corrected chi connectivity index (χ2v) is 6.32. The van der Waals surface area contributed by atoms with Crippen LogP contribution in [0.25, 0.3) is 0 Å². The van der Waals surface area contributed by atoms with Gasteiger partial charge in [-0.2, -0.15) is 0 Å². The fourth-order valence-corrected chi connectivity index (χ4v) is 2.99. The molecule has 0 saturated heterocycles. The molecule has 2 aromatic carbocycles. The average Bonchev–Trinajstić information content (AvgIpc) is 2.67. The lowest BCUT2D eigenvalue weighted by atomic mass is 10.1. The summed E-state index contributed by atoms with van der Waals surface area (Å²) in [5.74, 6) is 1.58. The quantitative estimate of drug-likeness (QED) is 0.811. The number of hydrogen-bond donors (Lipinski definition) is 1. The molecule has 1 aliphatic rings. The molecule has 0 spiro atoms. The van der Waals surface area contributed by atoms with Gasteiger partial charge in [-0.15, -0.1) is 0 Å². The van der Waals surface area contributed by atoms with Crippen LogP contribution in [-0.4, -0.2) is 43.7 Å². The van der Waals surface area contributed by atoms with Gasteiger partial charge in [-0.1, -0.05) is 23.7 Å². The van der Waals surface area contributed by atoms with E-state index in [0.29, 0.717) is 53.2 Å². The van der Waals surface area contributed by atoms with Crippen LogP contribution in [0.15, 0.2) is 36.4 Å². The molecule has 0 radical (unpaired) electrons. The van der Waals surface area contributed by atoms with Crippen LogP contribution in [0.1, 0.15) is 17.3 Å². The van der Waals surface area contributed by atoms with Gasteiger partial charge in [-0.3, -0.25) is 4.79 Å². The number of nitrogens with zero attached hydrogens (tertiary/aromatic N) is 1. The second kappa shape index (κ2) is 7.74. The van der Waals surface area contributed by atoms with Crippen LogP contribution in [0.3, 0.4) is 0 Å². The first kappa shape index (κ1) is 18.2. The van der Waals surface area contributed by atoms with Gasteiger partial charge in [0.05, 0.1) is 29.9 Å². The van der Waals surface area contributed by atoms with Crippen LogP contribution in [-0.2, 0) is 0 Å². The zero-order valence-electron chi connectivity index (χ0n) is 14.7. The van der Waals surface area contributed by atoms with E-state index < -0.39 is 0 Å². The Kier molecular flexibility index (Phi) is 5.42. The molecule has 138 valence electrons. The molecule has 0 fully saturated rings. The highest BCUT2D eigenvalue weighted by atomic mass is 35.5. The van der Waals surface area contributed by atoms with Crippen LogP contribution < -0.4 is 19.9 Å². The van der Waals surface area contributed by atoms with Crippen LogP contribution >= 0.6 is 11.6 Å². The van der Waals surface area contributed by atoms with Crippen LogP contribution in [0.2, 0.25) is 5.02 Å². The van der Waals surface area contributed by atoms with Gasteiger partial charge in [-0.25, -0.2) is 0 Å².